The van der Waals surface area contributed by atoms with Gasteiger partial charge in [0.25, 0.3) is 0 Å². The molecular formula is C7H11NO. The van der Waals surface area contributed by atoms with Crippen molar-refractivity contribution in [3.05, 3.63) is 0 Å². The van der Waals surface area contributed by atoms with E-state index in [0.29, 0.717) is 0 Å². The smallest absolute Gasteiger partial charge is 0.228 e. The normalized spacial score (nSPS) is 7.33. The molecule has 0 aliphatic heterocycles. The maximum atomic E-state index is 10.2. The van der Waals surface area contributed by atoms with Crippen molar-refractivity contribution in [1.29, 1.82) is 0 Å². The summed E-state index contributed by atoms with van der Waals surface area (Å²) in [5.41, 5.74) is 0. The van der Waals surface area contributed by atoms with Crippen LogP contribution in [0.2, 0.25) is 0 Å². The number of unbranched alkanes of at least 4 members (excludes halogenated alkanes) is 1. The minimum Gasteiger partial charge on any atom is -0.285 e. The van der Waals surface area contributed by atoms with E-state index in [-0.39, 0.29) is 5.91 Å². The van der Waals surface area contributed by atoms with Crippen molar-refractivity contribution in [3.8, 4) is 12.0 Å². The van der Waals surface area contributed by atoms with E-state index < -0.39 is 0 Å². The van der Waals surface area contributed by atoms with Crippen LogP contribution in [-0.4, -0.2) is 5.91 Å². The third-order valence-corrected chi connectivity index (χ3v) is 0.702. The summed E-state index contributed by atoms with van der Waals surface area (Å²) < 4.78 is 0. The number of carbonyl (C=O) groups is 1. The van der Waals surface area contributed by atoms with Crippen LogP contribution in [0.3, 0.4) is 0 Å². The van der Waals surface area contributed by atoms with Gasteiger partial charge in [-0.25, -0.2) is 0 Å². The summed E-state index contributed by atoms with van der Waals surface area (Å²) in [5, 5.41) is 2.38. The first-order valence-corrected chi connectivity index (χ1v) is 3.01. The summed E-state index contributed by atoms with van der Waals surface area (Å²) in [6, 6.07) is 2.54. The van der Waals surface area contributed by atoms with Crippen molar-refractivity contribution in [1.82, 2.24) is 5.32 Å². The Hall–Kier alpha value is -0.970. The number of carbonyl (C=O) groups excluding carboxylic acids is 1. The van der Waals surface area contributed by atoms with Crippen LogP contribution in [0.15, 0.2) is 0 Å². The molecule has 0 unspecified atom stereocenters. The Morgan fingerprint density at radius 1 is 1.67 bits per heavy atom. The first-order valence-electron chi connectivity index (χ1n) is 3.01. The fourth-order valence-electron chi connectivity index (χ4n) is 0.320. The SMILES string of the molecule is CCCC#CNC(C)=O. The summed E-state index contributed by atoms with van der Waals surface area (Å²) in [6.07, 6.45) is 1.88. The van der Waals surface area contributed by atoms with Crippen molar-refractivity contribution >= 4 is 5.91 Å². The van der Waals surface area contributed by atoms with E-state index in [4.69, 9.17) is 0 Å². The molecule has 0 aromatic carbocycles. The predicted octanol–water partition coefficient (Wildman–Crippen LogP) is 0.883. The Labute approximate surface area is 55.6 Å². The Bertz CT molecular complexity index is 141. The second-order valence-corrected chi connectivity index (χ2v) is 1.73. The van der Waals surface area contributed by atoms with Gasteiger partial charge >= 0.3 is 0 Å². The zero-order chi connectivity index (χ0) is 7.11. The third kappa shape index (κ3) is 7.03. The minimum absolute atomic E-state index is 0.0985. The molecule has 0 spiro atoms. The average molecular weight is 125 g/mol. The molecule has 2 heteroatoms. The molecule has 0 radical (unpaired) electrons. The van der Waals surface area contributed by atoms with Gasteiger partial charge in [0.05, 0.1) is 0 Å². The molecule has 0 fully saturated rings. The van der Waals surface area contributed by atoms with E-state index in [1.807, 2.05) is 6.92 Å². The molecule has 0 heterocycles. The highest BCUT2D eigenvalue weighted by Crippen LogP contribution is 1.79. The van der Waals surface area contributed by atoms with E-state index in [0.717, 1.165) is 12.8 Å². The lowest BCUT2D eigenvalue weighted by Crippen LogP contribution is -2.11. The number of hydrogen-bond acceptors (Lipinski definition) is 1. The fraction of sp³-hybridized carbons (Fsp3) is 0.571. The molecule has 1 amide bonds. The van der Waals surface area contributed by atoms with Crippen molar-refractivity contribution in [3.63, 3.8) is 0 Å². The molecule has 0 aromatic heterocycles. The van der Waals surface area contributed by atoms with Crippen molar-refractivity contribution in [2.45, 2.75) is 26.7 Å². The van der Waals surface area contributed by atoms with Gasteiger partial charge in [-0.1, -0.05) is 12.8 Å². The van der Waals surface area contributed by atoms with Crippen LogP contribution in [0.4, 0.5) is 0 Å². The van der Waals surface area contributed by atoms with Crippen LogP contribution in [0.25, 0.3) is 0 Å². The highest BCUT2D eigenvalue weighted by atomic mass is 16.1. The maximum absolute atomic E-state index is 10.2. The largest absolute Gasteiger partial charge is 0.285 e. The number of rotatable bonds is 1. The number of hydrogen-bond donors (Lipinski definition) is 1. The molecule has 0 aromatic rings. The molecule has 9 heavy (non-hydrogen) atoms. The number of amides is 1. The van der Waals surface area contributed by atoms with E-state index in [1.165, 1.54) is 6.92 Å². The maximum Gasteiger partial charge on any atom is 0.228 e. The Morgan fingerprint density at radius 2 is 2.33 bits per heavy atom. The molecule has 50 valence electrons. The van der Waals surface area contributed by atoms with Gasteiger partial charge in [0.1, 0.15) is 0 Å². The van der Waals surface area contributed by atoms with Gasteiger partial charge in [-0.3, -0.25) is 10.1 Å². The van der Waals surface area contributed by atoms with Gasteiger partial charge in [-0.2, -0.15) is 0 Å². The molecule has 0 saturated carbocycles. The molecule has 0 bridgehead atoms. The van der Waals surface area contributed by atoms with Gasteiger partial charge in [0.15, 0.2) is 0 Å². The van der Waals surface area contributed by atoms with Crippen molar-refractivity contribution < 1.29 is 4.79 Å². The summed E-state index contributed by atoms with van der Waals surface area (Å²) in [6.45, 7) is 3.49. The number of nitrogens with one attached hydrogen (secondary N) is 1. The van der Waals surface area contributed by atoms with Gasteiger partial charge in [0.2, 0.25) is 5.91 Å². The quantitative estimate of drug-likeness (QED) is 0.409. The lowest BCUT2D eigenvalue weighted by Gasteiger charge is -1.83. The summed E-state index contributed by atoms with van der Waals surface area (Å²) in [5.74, 6) is 2.69. The first kappa shape index (κ1) is 8.03. The standard InChI is InChI=1S/C7H11NO/c1-3-4-5-6-8-7(2)9/h3-4H2,1-2H3,(H,8,9). The van der Waals surface area contributed by atoms with Crippen molar-refractivity contribution in [2.75, 3.05) is 0 Å². The Kier molecular flexibility index (Phi) is 4.61. The van der Waals surface area contributed by atoms with Crippen molar-refractivity contribution in [2.24, 2.45) is 0 Å². The van der Waals surface area contributed by atoms with Gasteiger partial charge in [-0.05, 0) is 6.42 Å². The summed E-state index contributed by atoms with van der Waals surface area (Å²) >= 11 is 0. The molecule has 0 rings (SSSR count). The monoisotopic (exact) mass is 125 g/mol. The minimum atomic E-state index is -0.0985. The molecular weight excluding hydrogens is 114 g/mol. The second-order valence-electron chi connectivity index (χ2n) is 1.73. The fourth-order valence-corrected chi connectivity index (χ4v) is 0.320. The van der Waals surface area contributed by atoms with Crippen LogP contribution < -0.4 is 5.32 Å². The second kappa shape index (κ2) is 5.17. The van der Waals surface area contributed by atoms with Crippen LogP contribution >= 0.6 is 0 Å². The summed E-state index contributed by atoms with van der Waals surface area (Å²) in [4.78, 5) is 10.2. The van der Waals surface area contributed by atoms with Crippen LogP contribution in [-0.2, 0) is 4.79 Å². The van der Waals surface area contributed by atoms with Gasteiger partial charge < -0.3 is 0 Å². The van der Waals surface area contributed by atoms with Crippen LogP contribution in [0.5, 0.6) is 0 Å². The van der Waals surface area contributed by atoms with Crippen LogP contribution in [0.1, 0.15) is 26.7 Å². The lowest BCUT2D eigenvalue weighted by atomic mass is 10.4. The van der Waals surface area contributed by atoms with E-state index >= 15 is 0 Å². The average Bonchev–Trinajstić information content (AvgIpc) is 1.80. The molecule has 0 aliphatic carbocycles. The molecule has 0 saturated heterocycles. The van der Waals surface area contributed by atoms with E-state index in [1.54, 1.807) is 0 Å². The highest BCUT2D eigenvalue weighted by Gasteiger charge is 1.79. The van der Waals surface area contributed by atoms with Gasteiger partial charge in [0, 0.05) is 19.4 Å². The van der Waals surface area contributed by atoms with Crippen LogP contribution in [0, 0.1) is 12.0 Å². The highest BCUT2D eigenvalue weighted by molar-refractivity contribution is 5.74. The zero-order valence-corrected chi connectivity index (χ0v) is 5.82. The first-order chi connectivity index (χ1) is 4.27. The van der Waals surface area contributed by atoms with E-state index in [9.17, 15) is 4.79 Å². The van der Waals surface area contributed by atoms with Gasteiger partial charge in [-0.15, -0.1) is 0 Å². The topological polar surface area (TPSA) is 29.1 Å². The third-order valence-electron chi connectivity index (χ3n) is 0.702. The predicted molar refractivity (Wildman–Crippen MR) is 36.5 cm³/mol. The molecule has 2 nitrogen and oxygen atoms in total. The molecule has 1 N–H and O–H groups in total. The Morgan fingerprint density at radius 3 is 2.78 bits per heavy atom. The Balaban J connectivity index is 3.26. The lowest BCUT2D eigenvalue weighted by molar-refractivity contribution is -0.117. The zero-order valence-electron chi connectivity index (χ0n) is 5.82. The molecule has 0 atom stereocenters. The van der Waals surface area contributed by atoms with E-state index in [2.05, 4.69) is 17.3 Å². The molecule has 0 aliphatic rings. The summed E-state index contributed by atoms with van der Waals surface area (Å²) in [7, 11) is 0.